The van der Waals surface area contributed by atoms with Crippen LogP contribution < -0.4 is 0 Å². The van der Waals surface area contributed by atoms with E-state index in [1.165, 1.54) is 11.8 Å². The highest BCUT2D eigenvalue weighted by molar-refractivity contribution is 9.10. The van der Waals surface area contributed by atoms with Gasteiger partial charge >= 0.3 is 5.97 Å². The number of hydrogen-bond donors (Lipinski definition) is 1. The van der Waals surface area contributed by atoms with Crippen molar-refractivity contribution in [2.24, 2.45) is 0 Å². The summed E-state index contributed by atoms with van der Waals surface area (Å²) in [6.07, 6.45) is 0. The van der Waals surface area contributed by atoms with Crippen LogP contribution in [0.25, 0.3) is 11.0 Å². The molecule has 5 nitrogen and oxygen atoms in total. The first-order chi connectivity index (χ1) is 9.11. The standard InChI is InChI=1S/C12H13BrN2O3S/c1-18-5-4-15-10-3-2-8(13)6-9(10)14-12(15)19-7-11(16)17/h2-3,6H,4-5,7H2,1H3,(H,16,17). The summed E-state index contributed by atoms with van der Waals surface area (Å²) >= 11 is 4.62. The summed E-state index contributed by atoms with van der Waals surface area (Å²) in [5, 5.41) is 9.47. The van der Waals surface area contributed by atoms with Gasteiger partial charge in [-0.3, -0.25) is 4.79 Å². The van der Waals surface area contributed by atoms with E-state index >= 15 is 0 Å². The number of benzene rings is 1. The molecule has 2 rings (SSSR count). The molecule has 0 atom stereocenters. The number of thioether (sulfide) groups is 1. The highest BCUT2D eigenvalue weighted by Gasteiger charge is 2.12. The lowest BCUT2D eigenvalue weighted by Gasteiger charge is -2.07. The average molecular weight is 345 g/mol. The lowest BCUT2D eigenvalue weighted by Crippen LogP contribution is -2.07. The SMILES string of the molecule is COCCn1c(SCC(=O)O)nc2cc(Br)ccc21. The molecule has 1 aromatic heterocycles. The Morgan fingerprint density at radius 3 is 3.05 bits per heavy atom. The number of carboxylic acid groups (broad SMARTS) is 1. The second-order valence-corrected chi connectivity index (χ2v) is 5.71. The maximum absolute atomic E-state index is 10.7. The molecule has 0 fully saturated rings. The molecule has 0 amide bonds. The summed E-state index contributed by atoms with van der Waals surface area (Å²) < 4.78 is 8.02. The van der Waals surface area contributed by atoms with E-state index in [0.29, 0.717) is 18.3 Å². The Labute approximate surface area is 123 Å². The first-order valence-corrected chi connectivity index (χ1v) is 7.39. The summed E-state index contributed by atoms with van der Waals surface area (Å²) in [5.41, 5.74) is 1.83. The van der Waals surface area contributed by atoms with Gasteiger partial charge < -0.3 is 14.4 Å². The van der Waals surface area contributed by atoms with Crippen LogP contribution >= 0.6 is 27.7 Å². The molecule has 0 aliphatic heterocycles. The summed E-state index contributed by atoms with van der Waals surface area (Å²) in [6.45, 7) is 1.21. The molecular weight excluding hydrogens is 332 g/mol. The van der Waals surface area contributed by atoms with E-state index < -0.39 is 5.97 Å². The van der Waals surface area contributed by atoms with Gasteiger partial charge in [0.05, 0.1) is 23.4 Å². The first kappa shape index (κ1) is 14.4. The molecule has 1 heterocycles. The third kappa shape index (κ3) is 3.49. The van der Waals surface area contributed by atoms with Crippen LogP contribution in [0.4, 0.5) is 0 Å². The molecule has 0 unspecified atom stereocenters. The van der Waals surface area contributed by atoms with E-state index in [1.807, 2.05) is 22.8 Å². The Morgan fingerprint density at radius 2 is 2.37 bits per heavy atom. The van der Waals surface area contributed by atoms with Crippen molar-refractivity contribution in [3.05, 3.63) is 22.7 Å². The lowest BCUT2D eigenvalue weighted by molar-refractivity contribution is -0.133. The van der Waals surface area contributed by atoms with Gasteiger partial charge in [0.2, 0.25) is 0 Å². The highest BCUT2D eigenvalue weighted by atomic mass is 79.9. The van der Waals surface area contributed by atoms with Gasteiger partial charge in [-0.1, -0.05) is 27.7 Å². The van der Waals surface area contributed by atoms with E-state index in [9.17, 15) is 4.79 Å². The minimum atomic E-state index is -0.850. The smallest absolute Gasteiger partial charge is 0.313 e. The van der Waals surface area contributed by atoms with Gasteiger partial charge in [-0.2, -0.15) is 0 Å². The number of nitrogens with zero attached hydrogens (tertiary/aromatic N) is 2. The fourth-order valence-corrected chi connectivity index (χ4v) is 2.83. The number of imidazole rings is 1. The summed E-state index contributed by atoms with van der Waals surface area (Å²) in [5.74, 6) is -0.853. The maximum atomic E-state index is 10.7. The van der Waals surface area contributed by atoms with E-state index in [4.69, 9.17) is 9.84 Å². The number of halogens is 1. The zero-order chi connectivity index (χ0) is 13.8. The molecule has 2 aromatic rings. The molecule has 19 heavy (non-hydrogen) atoms. The molecule has 0 radical (unpaired) electrons. The number of carboxylic acids is 1. The van der Waals surface area contributed by atoms with Crippen molar-refractivity contribution in [2.75, 3.05) is 19.5 Å². The second kappa shape index (κ2) is 6.40. The number of methoxy groups -OCH3 is 1. The molecular formula is C12H13BrN2O3S. The van der Waals surface area contributed by atoms with Gasteiger partial charge in [-0.25, -0.2) is 4.98 Å². The van der Waals surface area contributed by atoms with Crippen LogP contribution in [0.3, 0.4) is 0 Å². The summed E-state index contributed by atoms with van der Waals surface area (Å²) in [6, 6.07) is 5.83. The predicted molar refractivity (Wildman–Crippen MR) is 77.7 cm³/mol. The Bertz CT molecular complexity index is 600. The molecule has 0 bridgehead atoms. The normalized spacial score (nSPS) is 11.1. The number of aromatic nitrogens is 2. The van der Waals surface area contributed by atoms with Crippen molar-refractivity contribution in [3.63, 3.8) is 0 Å². The Hall–Kier alpha value is -1.05. The molecule has 0 aliphatic rings. The Morgan fingerprint density at radius 1 is 1.58 bits per heavy atom. The molecule has 1 aromatic carbocycles. The van der Waals surface area contributed by atoms with Crippen molar-refractivity contribution in [2.45, 2.75) is 11.7 Å². The number of aliphatic carboxylic acids is 1. The maximum Gasteiger partial charge on any atom is 0.313 e. The molecule has 0 saturated carbocycles. The van der Waals surface area contributed by atoms with Gasteiger partial charge in [-0.05, 0) is 18.2 Å². The number of fused-ring (bicyclic) bond motifs is 1. The monoisotopic (exact) mass is 344 g/mol. The minimum Gasteiger partial charge on any atom is -0.481 e. The second-order valence-electron chi connectivity index (χ2n) is 3.85. The zero-order valence-corrected chi connectivity index (χ0v) is 12.7. The predicted octanol–water partition coefficient (Wildman–Crippen LogP) is 2.62. The Balaban J connectivity index is 2.38. The van der Waals surface area contributed by atoms with Gasteiger partial charge in [0.15, 0.2) is 5.16 Å². The molecule has 0 spiro atoms. The van der Waals surface area contributed by atoms with E-state index in [1.54, 1.807) is 7.11 Å². The lowest BCUT2D eigenvalue weighted by atomic mass is 10.3. The molecule has 1 N–H and O–H groups in total. The highest BCUT2D eigenvalue weighted by Crippen LogP contribution is 2.26. The van der Waals surface area contributed by atoms with E-state index in [-0.39, 0.29) is 5.75 Å². The fraction of sp³-hybridized carbons (Fsp3) is 0.333. The summed E-state index contributed by atoms with van der Waals surface area (Å²) in [4.78, 5) is 15.2. The van der Waals surface area contributed by atoms with Crippen molar-refractivity contribution in [3.8, 4) is 0 Å². The van der Waals surface area contributed by atoms with Crippen molar-refractivity contribution >= 4 is 44.7 Å². The number of hydrogen-bond acceptors (Lipinski definition) is 4. The topological polar surface area (TPSA) is 64.3 Å². The minimum absolute atomic E-state index is 0.00251. The molecule has 0 saturated heterocycles. The first-order valence-electron chi connectivity index (χ1n) is 5.61. The number of ether oxygens (including phenoxy) is 1. The van der Waals surface area contributed by atoms with Crippen LogP contribution in [-0.2, 0) is 16.1 Å². The van der Waals surface area contributed by atoms with Crippen molar-refractivity contribution in [1.29, 1.82) is 0 Å². The quantitative estimate of drug-likeness (QED) is 0.816. The number of carbonyl (C=O) groups is 1. The molecule has 102 valence electrons. The van der Waals surface area contributed by atoms with E-state index in [0.717, 1.165) is 15.5 Å². The van der Waals surface area contributed by atoms with Crippen LogP contribution in [0, 0.1) is 0 Å². The van der Waals surface area contributed by atoms with Gasteiger partial charge in [-0.15, -0.1) is 0 Å². The van der Waals surface area contributed by atoms with Gasteiger partial charge in [0.1, 0.15) is 0 Å². The molecule has 7 heteroatoms. The van der Waals surface area contributed by atoms with Gasteiger partial charge in [0, 0.05) is 18.1 Å². The number of rotatable bonds is 6. The summed E-state index contributed by atoms with van der Waals surface area (Å²) in [7, 11) is 1.64. The van der Waals surface area contributed by atoms with Crippen LogP contribution in [0.2, 0.25) is 0 Å². The zero-order valence-electron chi connectivity index (χ0n) is 10.3. The van der Waals surface area contributed by atoms with E-state index in [2.05, 4.69) is 20.9 Å². The van der Waals surface area contributed by atoms with Gasteiger partial charge in [0.25, 0.3) is 0 Å². The van der Waals surface area contributed by atoms with Crippen LogP contribution in [0.15, 0.2) is 27.8 Å². The van der Waals surface area contributed by atoms with Crippen LogP contribution in [0.5, 0.6) is 0 Å². The molecule has 0 aliphatic carbocycles. The van der Waals surface area contributed by atoms with Crippen molar-refractivity contribution in [1.82, 2.24) is 9.55 Å². The third-order valence-corrected chi connectivity index (χ3v) is 3.97. The Kier molecular flexibility index (Phi) is 4.84. The average Bonchev–Trinajstić information content (AvgIpc) is 2.70. The fourth-order valence-electron chi connectivity index (χ4n) is 1.72. The largest absolute Gasteiger partial charge is 0.481 e. The van der Waals surface area contributed by atoms with Crippen LogP contribution in [-0.4, -0.2) is 40.1 Å². The van der Waals surface area contributed by atoms with Crippen molar-refractivity contribution < 1.29 is 14.6 Å². The third-order valence-electron chi connectivity index (χ3n) is 2.52. The van der Waals surface area contributed by atoms with Crippen LogP contribution in [0.1, 0.15) is 0 Å².